The fourth-order valence-electron chi connectivity index (χ4n) is 3.99. The molecule has 0 aliphatic rings. The van der Waals surface area contributed by atoms with Gasteiger partial charge in [0.25, 0.3) is 0 Å². The maximum atomic E-state index is 6.04. The van der Waals surface area contributed by atoms with Crippen LogP contribution in [0, 0.1) is 0 Å². The molecule has 12 N–H and O–H groups in total. The van der Waals surface area contributed by atoms with Crippen LogP contribution in [0.1, 0.15) is 79.1 Å². The maximum Gasteiger partial charge on any atom is 0.0192 e. The first-order valence-corrected chi connectivity index (χ1v) is 14.8. The molecule has 0 bridgehead atoms. The zero-order valence-corrected chi connectivity index (χ0v) is 24.4. The second kappa shape index (κ2) is 24.9. The van der Waals surface area contributed by atoms with Gasteiger partial charge in [0.15, 0.2) is 0 Å². The van der Waals surface area contributed by atoms with Crippen molar-refractivity contribution in [3.8, 4) is 0 Å². The molecular formula is C27H65N9. The monoisotopic (exact) mass is 516 g/mol. The van der Waals surface area contributed by atoms with Crippen LogP contribution in [0.5, 0.6) is 0 Å². The molecule has 0 amide bonds. The molecule has 0 aromatic rings. The van der Waals surface area contributed by atoms with E-state index in [1.54, 1.807) is 0 Å². The molecule has 0 aliphatic carbocycles. The van der Waals surface area contributed by atoms with E-state index in [1.807, 2.05) is 0 Å². The lowest BCUT2D eigenvalue weighted by Crippen LogP contribution is -2.43. The summed E-state index contributed by atoms with van der Waals surface area (Å²) in [5, 5.41) is 14.5. The zero-order chi connectivity index (χ0) is 27.0. The topological polar surface area (TPSA) is 155 Å². The maximum absolute atomic E-state index is 6.04. The number of hydrogen-bond acceptors (Lipinski definition) is 9. The third kappa shape index (κ3) is 26.7. The highest BCUT2D eigenvalue weighted by molar-refractivity contribution is 4.73. The number of nitrogens with two attached hydrogens (primary N) is 4. The summed E-state index contributed by atoms with van der Waals surface area (Å²) in [4.78, 5) is 2.57. The highest BCUT2D eigenvalue weighted by atomic mass is 15.1. The van der Waals surface area contributed by atoms with Gasteiger partial charge in [0.2, 0.25) is 0 Å². The second-order valence-corrected chi connectivity index (χ2v) is 11.1. The quantitative estimate of drug-likeness (QED) is 0.0731. The Kier molecular flexibility index (Phi) is 24.7. The third-order valence-electron chi connectivity index (χ3n) is 6.47. The lowest BCUT2D eigenvalue weighted by Gasteiger charge is -2.25. The van der Waals surface area contributed by atoms with Crippen molar-refractivity contribution < 1.29 is 0 Å². The minimum Gasteiger partial charge on any atom is -0.328 e. The number of rotatable bonds is 27. The summed E-state index contributed by atoms with van der Waals surface area (Å²) in [5.74, 6) is 0. The Morgan fingerprint density at radius 1 is 0.500 bits per heavy atom. The van der Waals surface area contributed by atoms with Crippen LogP contribution in [0.15, 0.2) is 0 Å². The molecule has 0 heterocycles. The van der Waals surface area contributed by atoms with Gasteiger partial charge in [-0.3, -0.25) is 0 Å². The number of nitrogens with zero attached hydrogens (tertiary/aromatic N) is 1. The molecule has 5 atom stereocenters. The Balaban J connectivity index is 4.28. The molecule has 5 unspecified atom stereocenters. The Morgan fingerprint density at radius 2 is 1.06 bits per heavy atom. The first-order valence-electron chi connectivity index (χ1n) is 14.8. The molecule has 0 rings (SSSR count). The molecule has 0 spiro atoms. The fraction of sp³-hybridized carbons (Fsp3) is 1.00. The molecule has 0 aromatic carbocycles. The van der Waals surface area contributed by atoms with Gasteiger partial charge in [-0.2, -0.15) is 0 Å². The SMILES string of the molecule is CC(N)CCNCCCCN(CCNCC(CCCNCCC(C)N)NCCC(C)N)CCC(C)N. The summed E-state index contributed by atoms with van der Waals surface area (Å²) in [5.41, 5.74) is 23.6. The normalized spacial score (nSPS) is 16.2. The summed E-state index contributed by atoms with van der Waals surface area (Å²) in [7, 11) is 0. The van der Waals surface area contributed by atoms with Crippen LogP contribution in [0.25, 0.3) is 0 Å². The van der Waals surface area contributed by atoms with E-state index in [0.717, 1.165) is 104 Å². The van der Waals surface area contributed by atoms with E-state index in [1.165, 1.54) is 12.8 Å². The van der Waals surface area contributed by atoms with Gasteiger partial charge >= 0.3 is 0 Å². The standard InChI is InChI=1S/C27H65N9/c1-23(28)9-15-32-13-5-6-19-36(20-12-26(4)31)21-18-34-22-27(35-17-11-25(3)30)8-7-14-33-16-10-24(2)29/h23-27,32-35H,5-22,28-31H2,1-4H3. The van der Waals surface area contributed by atoms with Gasteiger partial charge in [-0.15, -0.1) is 0 Å². The van der Waals surface area contributed by atoms with E-state index in [4.69, 9.17) is 22.9 Å². The van der Waals surface area contributed by atoms with Crippen molar-refractivity contribution in [2.24, 2.45) is 22.9 Å². The third-order valence-corrected chi connectivity index (χ3v) is 6.47. The minimum absolute atomic E-state index is 0.240. The zero-order valence-electron chi connectivity index (χ0n) is 24.4. The van der Waals surface area contributed by atoms with Crippen LogP contribution in [-0.4, -0.2) is 101 Å². The van der Waals surface area contributed by atoms with Gasteiger partial charge in [-0.05, 0) is 125 Å². The van der Waals surface area contributed by atoms with Gasteiger partial charge in [-0.25, -0.2) is 0 Å². The molecule has 218 valence electrons. The van der Waals surface area contributed by atoms with E-state index in [0.29, 0.717) is 6.04 Å². The summed E-state index contributed by atoms with van der Waals surface area (Å²) in [6, 6.07) is 1.51. The van der Waals surface area contributed by atoms with Gasteiger partial charge in [0.05, 0.1) is 0 Å². The largest absolute Gasteiger partial charge is 0.328 e. The van der Waals surface area contributed by atoms with E-state index in [2.05, 4.69) is 53.9 Å². The van der Waals surface area contributed by atoms with Crippen molar-refractivity contribution in [1.29, 1.82) is 0 Å². The van der Waals surface area contributed by atoms with Crippen molar-refractivity contribution in [3.05, 3.63) is 0 Å². The number of unbranched alkanes of at least 4 members (excludes halogenated alkanes) is 1. The molecule has 0 saturated heterocycles. The molecule has 36 heavy (non-hydrogen) atoms. The van der Waals surface area contributed by atoms with Crippen LogP contribution in [-0.2, 0) is 0 Å². The molecule has 0 saturated carbocycles. The smallest absolute Gasteiger partial charge is 0.0192 e. The van der Waals surface area contributed by atoms with Crippen LogP contribution in [0.3, 0.4) is 0 Å². The van der Waals surface area contributed by atoms with E-state index in [-0.39, 0.29) is 24.2 Å². The Morgan fingerprint density at radius 3 is 1.64 bits per heavy atom. The second-order valence-electron chi connectivity index (χ2n) is 11.1. The predicted octanol–water partition coefficient (Wildman–Crippen LogP) is 0.525. The molecule has 9 nitrogen and oxygen atoms in total. The molecule has 9 heteroatoms. The Labute approximate surface area is 224 Å². The summed E-state index contributed by atoms with van der Waals surface area (Å²) in [6.45, 7) is 18.7. The van der Waals surface area contributed by atoms with Crippen molar-refractivity contribution in [1.82, 2.24) is 26.2 Å². The van der Waals surface area contributed by atoms with Crippen molar-refractivity contribution >= 4 is 0 Å². The molecule has 0 radical (unpaired) electrons. The van der Waals surface area contributed by atoms with Crippen molar-refractivity contribution in [2.75, 3.05) is 65.4 Å². The van der Waals surface area contributed by atoms with Gasteiger partial charge < -0.3 is 49.1 Å². The minimum atomic E-state index is 0.240. The first kappa shape index (κ1) is 35.6. The number of nitrogens with one attached hydrogen (secondary N) is 4. The molecule has 0 aliphatic heterocycles. The fourth-order valence-corrected chi connectivity index (χ4v) is 3.99. The van der Waals surface area contributed by atoms with Gasteiger partial charge in [0, 0.05) is 49.8 Å². The Bertz CT molecular complexity index is 447. The molecular weight excluding hydrogens is 450 g/mol. The van der Waals surface area contributed by atoms with Crippen LogP contribution >= 0.6 is 0 Å². The van der Waals surface area contributed by atoms with Crippen molar-refractivity contribution in [3.63, 3.8) is 0 Å². The lowest BCUT2D eigenvalue weighted by atomic mass is 10.1. The van der Waals surface area contributed by atoms with Crippen molar-refractivity contribution in [2.45, 2.75) is 109 Å². The van der Waals surface area contributed by atoms with Gasteiger partial charge in [-0.1, -0.05) is 0 Å². The molecule has 0 fully saturated rings. The number of hydrogen-bond donors (Lipinski definition) is 8. The average molecular weight is 516 g/mol. The Hall–Kier alpha value is -0.360. The highest BCUT2D eigenvalue weighted by Gasteiger charge is 2.10. The van der Waals surface area contributed by atoms with E-state index in [9.17, 15) is 0 Å². The molecule has 0 aromatic heterocycles. The highest BCUT2D eigenvalue weighted by Crippen LogP contribution is 2.00. The van der Waals surface area contributed by atoms with E-state index < -0.39 is 0 Å². The lowest BCUT2D eigenvalue weighted by molar-refractivity contribution is 0.256. The van der Waals surface area contributed by atoms with E-state index >= 15 is 0 Å². The summed E-state index contributed by atoms with van der Waals surface area (Å²) >= 11 is 0. The summed E-state index contributed by atoms with van der Waals surface area (Å²) < 4.78 is 0. The van der Waals surface area contributed by atoms with Crippen LogP contribution in [0.4, 0.5) is 0 Å². The average Bonchev–Trinajstić information content (AvgIpc) is 2.79. The first-order chi connectivity index (χ1) is 17.2. The van der Waals surface area contributed by atoms with Gasteiger partial charge in [0.1, 0.15) is 0 Å². The van der Waals surface area contributed by atoms with Crippen LogP contribution < -0.4 is 44.2 Å². The summed E-state index contributed by atoms with van der Waals surface area (Å²) in [6.07, 6.45) is 8.85. The predicted molar refractivity (Wildman–Crippen MR) is 158 cm³/mol. The van der Waals surface area contributed by atoms with Crippen LogP contribution in [0.2, 0.25) is 0 Å².